The summed E-state index contributed by atoms with van der Waals surface area (Å²) in [6.07, 6.45) is -5.16. The zero-order valence-electron chi connectivity index (χ0n) is 19.2. The van der Waals surface area contributed by atoms with Crippen molar-refractivity contribution in [2.45, 2.75) is 44.8 Å². The number of ketones is 1. The average Bonchev–Trinajstić information content (AvgIpc) is 3.00. The lowest BCUT2D eigenvalue weighted by Crippen LogP contribution is -2.66. The Morgan fingerprint density at radius 1 is 1.00 bits per heavy atom. The fourth-order valence-corrected chi connectivity index (χ4v) is 4.79. The first-order chi connectivity index (χ1) is 16.4. The maximum absolute atomic E-state index is 14.8. The van der Waals surface area contributed by atoms with Crippen molar-refractivity contribution in [1.82, 2.24) is 10.2 Å². The van der Waals surface area contributed by atoms with Crippen LogP contribution in [0.25, 0.3) is 0 Å². The number of Topliss-reactive ketones (excluding diaryl/α,β-unsaturated/α-hetero) is 1. The van der Waals surface area contributed by atoms with E-state index in [1.807, 2.05) is 5.32 Å². The SMILES string of the molecule is CC1(C)CC(=O)C2=C(C1)N(CCc1ccccc1)C(=O)C2(NC(=O)c1ccc(F)cc1)C(F)(F)F. The molecule has 4 rings (SSSR count). The van der Waals surface area contributed by atoms with Crippen LogP contribution in [0.2, 0.25) is 0 Å². The van der Waals surface area contributed by atoms with Gasteiger partial charge in [0.1, 0.15) is 5.82 Å². The lowest BCUT2D eigenvalue weighted by Gasteiger charge is -2.35. The molecule has 0 saturated heterocycles. The van der Waals surface area contributed by atoms with Gasteiger partial charge in [0, 0.05) is 24.2 Å². The molecule has 1 atom stereocenters. The van der Waals surface area contributed by atoms with Crippen LogP contribution in [0, 0.1) is 11.2 Å². The van der Waals surface area contributed by atoms with Gasteiger partial charge in [0.15, 0.2) is 5.78 Å². The number of carbonyl (C=O) groups excluding carboxylic acids is 3. The molecule has 2 amide bonds. The molecule has 1 heterocycles. The zero-order valence-corrected chi connectivity index (χ0v) is 19.2. The van der Waals surface area contributed by atoms with Crippen molar-refractivity contribution in [3.05, 3.63) is 82.8 Å². The van der Waals surface area contributed by atoms with Crippen molar-refractivity contribution in [1.29, 1.82) is 0 Å². The minimum Gasteiger partial charge on any atom is -0.326 e. The summed E-state index contributed by atoms with van der Waals surface area (Å²) < 4.78 is 57.6. The van der Waals surface area contributed by atoms with Crippen molar-refractivity contribution in [3.63, 3.8) is 0 Å². The van der Waals surface area contributed by atoms with Crippen molar-refractivity contribution in [3.8, 4) is 0 Å². The number of amides is 2. The van der Waals surface area contributed by atoms with E-state index in [0.29, 0.717) is 0 Å². The second-order valence-electron chi connectivity index (χ2n) is 9.66. The van der Waals surface area contributed by atoms with E-state index >= 15 is 0 Å². The van der Waals surface area contributed by atoms with Gasteiger partial charge >= 0.3 is 6.18 Å². The highest BCUT2D eigenvalue weighted by molar-refractivity contribution is 6.14. The fourth-order valence-electron chi connectivity index (χ4n) is 4.79. The summed E-state index contributed by atoms with van der Waals surface area (Å²) in [5.74, 6) is -4.15. The van der Waals surface area contributed by atoms with E-state index in [-0.39, 0.29) is 37.1 Å². The summed E-state index contributed by atoms with van der Waals surface area (Å²) in [7, 11) is 0. The van der Waals surface area contributed by atoms with Crippen LogP contribution in [0.4, 0.5) is 17.6 Å². The molecule has 1 N–H and O–H groups in total. The van der Waals surface area contributed by atoms with Crippen molar-refractivity contribution >= 4 is 17.6 Å². The van der Waals surface area contributed by atoms with E-state index < -0.39 is 46.1 Å². The second-order valence-corrected chi connectivity index (χ2v) is 9.66. The smallest absolute Gasteiger partial charge is 0.326 e. The fraction of sp³-hybridized carbons (Fsp3) is 0.346. The van der Waals surface area contributed by atoms with Gasteiger partial charge in [-0.2, -0.15) is 13.2 Å². The Labute approximate surface area is 199 Å². The highest BCUT2D eigenvalue weighted by atomic mass is 19.4. The predicted octanol–water partition coefficient (Wildman–Crippen LogP) is 4.58. The summed E-state index contributed by atoms with van der Waals surface area (Å²) in [6.45, 7) is 3.41. The molecule has 5 nitrogen and oxygen atoms in total. The first-order valence-corrected chi connectivity index (χ1v) is 11.1. The Kier molecular flexibility index (Phi) is 6.07. The van der Waals surface area contributed by atoms with Gasteiger partial charge in [-0.1, -0.05) is 44.2 Å². The van der Waals surface area contributed by atoms with Gasteiger partial charge in [-0.25, -0.2) is 4.39 Å². The molecule has 1 aliphatic carbocycles. The Morgan fingerprint density at radius 2 is 1.63 bits per heavy atom. The highest BCUT2D eigenvalue weighted by Crippen LogP contribution is 2.51. The topological polar surface area (TPSA) is 66.5 Å². The van der Waals surface area contributed by atoms with Crippen LogP contribution >= 0.6 is 0 Å². The summed E-state index contributed by atoms with van der Waals surface area (Å²) >= 11 is 0. The zero-order chi connectivity index (χ0) is 25.6. The number of rotatable bonds is 5. The van der Waals surface area contributed by atoms with Crippen molar-refractivity contribution in [2.24, 2.45) is 5.41 Å². The molecule has 1 aliphatic heterocycles. The highest BCUT2D eigenvalue weighted by Gasteiger charge is 2.71. The predicted molar refractivity (Wildman–Crippen MR) is 120 cm³/mol. The number of hydrogen-bond acceptors (Lipinski definition) is 3. The van der Waals surface area contributed by atoms with Crippen LogP contribution in [0.1, 0.15) is 42.6 Å². The Bertz CT molecular complexity index is 1200. The van der Waals surface area contributed by atoms with Gasteiger partial charge in [-0.05, 0) is 48.1 Å². The summed E-state index contributed by atoms with van der Waals surface area (Å²) in [5.41, 5.74) is -4.37. The maximum atomic E-state index is 14.8. The molecule has 0 fully saturated rings. The molecular weight excluding hydrogens is 464 g/mol. The van der Waals surface area contributed by atoms with E-state index in [4.69, 9.17) is 0 Å². The van der Waals surface area contributed by atoms with Crippen LogP contribution in [-0.2, 0) is 16.0 Å². The van der Waals surface area contributed by atoms with E-state index in [1.165, 1.54) is 0 Å². The number of nitrogens with one attached hydrogen (secondary N) is 1. The average molecular weight is 488 g/mol. The minimum atomic E-state index is -5.29. The number of nitrogens with zero attached hydrogens (tertiary/aromatic N) is 1. The third-order valence-corrected chi connectivity index (χ3v) is 6.42. The molecule has 184 valence electrons. The quantitative estimate of drug-likeness (QED) is 0.627. The molecule has 35 heavy (non-hydrogen) atoms. The number of carbonyl (C=O) groups is 3. The Hall–Kier alpha value is -3.49. The van der Waals surface area contributed by atoms with Gasteiger partial charge in [-0.15, -0.1) is 0 Å². The summed E-state index contributed by atoms with van der Waals surface area (Å²) in [6, 6.07) is 12.8. The first kappa shape index (κ1) is 24.6. The van der Waals surface area contributed by atoms with Gasteiger partial charge in [-0.3, -0.25) is 14.4 Å². The standard InChI is InChI=1S/C26H24F4N2O3/c1-24(2)14-19-21(20(33)15-24)25(26(28,29)30,31-22(34)17-8-10-18(27)11-9-17)23(35)32(19)13-12-16-6-4-3-5-7-16/h3-11H,12-15H2,1-2H3,(H,31,34). The van der Waals surface area contributed by atoms with Gasteiger partial charge in [0.05, 0.1) is 5.57 Å². The Morgan fingerprint density at radius 3 is 2.23 bits per heavy atom. The molecule has 2 aliphatic rings. The van der Waals surface area contributed by atoms with Crippen LogP contribution in [0.15, 0.2) is 65.9 Å². The molecule has 2 aromatic carbocycles. The number of hydrogen-bond donors (Lipinski definition) is 1. The maximum Gasteiger partial charge on any atom is 0.425 e. The van der Waals surface area contributed by atoms with E-state index in [9.17, 15) is 31.9 Å². The van der Waals surface area contributed by atoms with Gasteiger partial charge in [0.25, 0.3) is 11.8 Å². The molecule has 0 aromatic heterocycles. The number of benzene rings is 2. The van der Waals surface area contributed by atoms with E-state index in [0.717, 1.165) is 34.7 Å². The van der Waals surface area contributed by atoms with Crippen LogP contribution in [-0.4, -0.2) is 40.8 Å². The van der Waals surface area contributed by atoms with Gasteiger partial charge < -0.3 is 10.2 Å². The monoisotopic (exact) mass is 488 g/mol. The van der Waals surface area contributed by atoms with Crippen LogP contribution in [0.3, 0.4) is 0 Å². The van der Waals surface area contributed by atoms with E-state index in [2.05, 4.69) is 0 Å². The molecular formula is C26H24F4N2O3. The third-order valence-electron chi connectivity index (χ3n) is 6.42. The Balaban J connectivity index is 1.80. The van der Waals surface area contributed by atoms with Crippen molar-refractivity contribution in [2.75, 3.05) is 6.54 Å². The molecule has 9 heteroatoms. The summed E-state index contributed by atoms with van der Waals surface area (Å²) in [5, 5.41) is 1.85. The molecule has 0 radical (unpaired) electrons. The third kappa shape index (κ3) is 4.35. The molecule has 0 bridgehead atoms. The van der Waals surface area contributed by atoms with Crippen LogP contribution < -0.4 is 5.32 Å². The normalized spacial score (nSPS) is 21.8. The minimum absolute atomic E-state index is 0.0103. The van der Waals surface area contributed by atoms with Gasteiger partial charge in [0.2, 0.25) is 5.54 Å². The number of alkyl halides is 3. The molecule has 1 unspecified atom stereocenters. The van der Waals surface area contributed by atoms with Crippen LogP contribution in [0.5, 0.6) is 0 Å². The van der Waals surface area contributed by atoms with E-state index in [1.54, 1.807) is 44.2 Å². The lowest BCUT2D eigenvalue weighted by molar-refractivity contribution is -0.190. The molecule has 2 aromatic rings. The number of allylic oxidation sites excluding steroid dienone is 1. The largest absolute Gasteiger partial charge is 0.425 e. The summed E-state index contributed by atoms with van der Waals surface area (Å²) in [4.78, 5) is 40.6. The van der Waals surface area contributed by atoms with Crippen molar-refractivity contribution < 1.29 is 31.9 Å². The number of halogens is 4. The molecule has 0 saturated carbocycles. The lowest BCUT2D eigenvalue weighted by atomic mass is 9.72. The first-order valence-electron chi connectivity index (χ1n) is 11.1. The molecule has 0 spiro atoms. The second kappa shape index (κ2) is 8.62.